The van der Waals surface area contributed by atoms with Crippen molar-refractivity contribution < 1.29 is 4.79 Å². The Hall–Kier alpha value is -0.770. The number of amides is 1. The highest BCUT2D eigenvalue weighted by Gasteiger charge is 2.34. The van der Waals surface area contributed by atoms with Crippen LogP contribution in [-0.2, 0) is 11.3 Å². The summed E-state index contributed by atoms with van der Waals surface area (Å²) in [5, 5.41) is 4.93. The molecular weight excluding hydrogens is 307 g/mol. The zero-order chi connectivity index (χ0) is 14.8. The van der Waals surface area contributed by atoms with E-state index in [1.165, 1.54) is 0 Å². The number of nitrogens with one attached hydrogen (secondary N) is 1. The number of carbonyl (C=O) groups is 1. The molecule has 2 aliphatic rings. The normalized spacial score (nSPS) is 19.8. The molecule has 2 fully saturated rings. The minimum Gasteiger partial charge on any atom is -0.342 e. The van der Waals surface area contributed by atoms with Crippen molar-refractivity contribution in [1.82, 2.24) is 10.2 Å². The fraction of sp³-hybridized carbons (Fsp3) is 0.562. The number of benzene rings is 1. The van der Waals surface area contributed by atoms with Crippen LogP contribution in [0.5, 0.6) is 0 Å². The van der Waals surface area contributed by atoms with Crippen LogP contribution < -0.4 is 5.32 Å². The van der Waals surface area contributed by atoms with Crippen molar-refractivity contribution >= 4 is 29.1 Å². The molecule has 0 atom stereocenters. The van der Waals surface area contributed by atoms with E-state index in [1.807, 2.05) is 23.1 Å². The van der Waals surface area contributed by atoms with E-state index < -0.39 is 0 Å². The maximum absolute atomic E-state index is 12.0. The van der Waals surface area contributed by atoms with Crippen molar-refractivity contribution in [3.05, 3.63) is 33.8 Å². The number of halogens is 2. The maximum atomic E-state index is 12.0. The molecule has 3 rings (SSSR count). The zero-order valence-electron chi connectivity index (χ0n) is 11.9. The molecule has 0 radical (unpaired) electrons. The second-order valence-electron chi connectivity index (χ2n) is 5.95. The second kappa shape index (κ2) is 6.55. The molecule has 0 unspecified atom stereocenters. The molecule has 1 saturated carbocycles. The standard InChI is InChI=1S/C16H20Cl2N2O/c17-14-2-1-3-15(18)13(14)10-19-12-6-8-20(9-7-12)16(21)11-4-5-11/h1-3,11-12,19H,4-10H2. The highest BCUT2D eigenvalue weighted by Crippen LogP contribution is 2.32. The van der Waals surface area contributed by atoms with E-state index in [0.29, 0.717) is 34.5 Å². The Morgan fingerprint density at radius 2 is 1.76 bits per heavy atom. The third-order valence-corrected chi connectivity index (χ3v) is 5.07. The van der Waals surface area contributed by atoms with Crippen molar-refractivity contribution in [3.63, 3.8) is 0 Å². The first-order chi connectivity index (χ1) is 10.1. The van der Waals surface area contributed by atoms with E-state index in [9.17, 15) is 4.79 Å². The highest BCUT2D eigenvalue weighted by molar-refractivity contribution is 6.35. The van der Waals surface area contributed by atoms with Gasteiger partial charge in [-0.05, 0) is 37.8 Å². The van der Waals surface area contributed by atoms with Gasteiger partial charge in [0.15, 0.2) is 0 Å². The molecule has 5 heteroatoms. The van der Waals surface area contributed by atoms with E-state index in [4.69, 9.17) is 23.2 Å². The van der Waals surface area contributed by atoms with Gasteiger partial charge in [-0.15, -0.1) is 0 Å². The first kappa shape index (κ1) is 15.1. The third kappa shape index (κ3) is 3.71. The fourth-order valence-electron chi connectivity index (χ4n) is 2.84. The quantitative estimate of drug-likeness (QED) is 0.918. The fourth-order valence-corrected chi connectivity index (χ4v) is 3.37. The summed E-state index contributed by atoms with van der Waals surface area (Å²) in [5.74, 6) is 0.694. The molecule has 1 heterocycles. The molecule has 1 aromatic rings. The second-order valence-corrected chi connectivity index (χ2v) is 6.77. The first-order valence-corrected chi connectivity index (χ1v) is 8.36. The number of nitrogens with zero attached hydrogens (tertiary/aromatic N) is 1. The molecule has 1 saturated heterocycles. The smallest absolute Gasteiger partial charge is 0.225 e. The van der Waals surface area contributed by atoms with Crippen LogP contribution in [0.25, 0.3) is 0 Å². The average molecular weight is 327 g/mol. The Kier molecular flexibility index (Phi) is 4.72. The number of hydrogen-bond donors (Lipinski definition) is 1. The predicted molar refractivity (Wildman–Crippen MR) is 85.6 cm³/mol. The lowest BCUT2D eigenvalue weighted by Gasteiger charge is -2.32. The molecule has 1 aliphatic carbocycles. The summed E-state index contributed by atoms with van der Waals surface area (Å²) in [6.45, 7) is 2.41. The molecular formula is C16H20Cl2N2O. The van der Waals surface area contributed by atoms with E-state index in [2.05, 4.69) is 5.32 Å². The number of likely N-dealkylation sites (tertiary alicyclic amines) is 1. The maximum Gasteiger partial charge on any atom is 0.225 e. The van der Waals surface area contributed by atoms with Crippen LogP contribution in [0.2, 0.25) is 10.0 Å². The van der Waals surface area contributed by atoms with E-state index >= 15 is 0 Å². The SMILES string of the molecule is O=C(C1CC1)N1CCC(NCc2c(Cl)cccc2Cl)CC1. The van der Waals surface area contributed by atoms with Crippen molar-refractivity contribution in [1.29, 1.82) is 0 Å². The number of hydrogen-bond acceptors (Lipinski definition) is 2. The summed E-state index contributed by atoms with van der Waals surface area (Å²) >= 11 is 12.4. The summed E-state index contributed by atoms with van der Waals surface area (Å²) in [7, 11) is 0. The largest absolute Gasteiger partial charge is 0.342 e. The summed E-state index contributed by atoms with van der Waals surface area (Å²) in [6.07, 6.45) is 4.17. The van der Waals surface area contributed by atoms with Gasteiger partial charge in [0.1, 0.15) is 0 Å². The molecule has 1 aliphatic heterocycles. The van der Waals surface area contributed by atoms with Crippen LogP contribution in [0, 0.1) is 5.92 Å². The topological polar surface area (TPSA) is 32.3 Å². The van der Waals surface area contributed by atoms with Crippen LogP contribution in [0.4, 0.5) is 0 Å². The van der Waals surface area contributed by atoms with Gasteiger partial charge >= 0.3 is 0 Å². The Balaban J connectivity index is 1.48. The van der Waals surface area contributed by atoms with Crippen molar-refractivity contribution in [2.45, 2.75) is 38.3 Å². The van der Waals surface area contributed by atoms with Crippen LogP contribution in [-0.4, -0.2) is 29.9 Å². The Bertz CT molecular complexity index is 503. The molecule has 0 bridgehead atoms. The van der Waals surface area contributed by atoms with Crippen LogP contribution >= 0.6 is 23.2 Å². The third-order valence-electron chi connectivity index (χ3n) is 4.36. The Morgan fingerprint density at radius 1 is 1.14 bits per heavy atom. The Morgan fingerprint density at radius 3 is 2.33 bits per heavy atom. The van der Waals surface area contributed by atoms with Gasteiger partial charge < -0.3 is 10.2 Å². The lowest BCUT2D eigenvalue weighted by atomic mass is 10.0. The van der Waals surface area contributed by atoms with Crippen LogP contribution in [0.3, 0.4) is 0 Å². The summed E-state index contributed by atoms with van der Waals surface area (Å²) in [6, 6.07) is 6.01. The van der Waals surface area contributed by atoms with Crippen molar-refractivity contribution in [3.8, 4) is 0 Å². The van der Waals surface area contributed by atoms with E-state index in [-0.39, 0.29) is 0 Å². The van der Waals surface area contributed by atoms with E-state index in [0.717, 1.165) is 44.3 Å². The molecule has 3 nitrogen and oxygen atoms in total. The minimum atomic E-state index is 0.330. The number of rotatable bonds is 4. The van der Waals surface area contributed by atoms with Gasteiger partial charge in [-0.3, -0.25) is 4.79 Å². The molecule has 21 heavy (non-hydrogen) atoms. The molecule has 1 N–H and O–H groups in total. The highest BCUT2D eigenvalue weighted by atomic mass is 35.5. The van der Waals surface area contributed by atoms with Gasteiger partial charge in [0.25, 0.3) is 0 Å². The van der Waals surface area contributed by atoms with Crippen LogP contribution in [0.1, 0.15) is 31.2 Å². The van der Waals surface area contributed by atoms with Gasteiger partial charge in [-0.1, -0.05) is 29.3 Å². The van der Waals surface area contributed by atoms with Crippen molar-refractivity contribution in [2.24, 2.45) is 5.92 Å². The van der Waals surface area contributed by atoms with Gasteiger partial charge in [0.05, 0.1) is 0 Å². The molecule has 114 valence electrons. The minimum absolute atomic E-state index is 0.330. The lowest BCUT2D eigenvalue weighted by molar-refractivity contribution is -0.133. The summed E-state index contributed by atoms with van der Waals surface area (Å²) in [4.78, 5) is 14.0. The summed E-state index contributed by atoms with van der Waals surface area (Å²) < 4.78 is 0. The first-order valence-electron chi connectivity index (χ1n) is 7.60. The zero-order valence-corrected chi connectivity index (χ0v) is 13.5. The number of carbonyl (C=O) groups excluding carboxylic acids is 1. The van der Waals surface area contributed by atoms with E-state index in [1.54, 1.807) is 0 Å². The molecule has 1 aromatic carbocycles. The predicted octanol–water partition coefficient (Wildman–Crippen LogP) is 3.48. The van der Waals surface area contributed by atoms with Crippen molar-refractivity contribution in [2.75, 3.05) is 13.1 Å². The van der Waals surface area contributed by atoms with Gasteiger partial charge in [-0.2, -0.15) is 0 Å². The molecule has 0 spiro atoms. The van der Waals surface area contributed by atoms with Gasteiger partial charge in [0.2, 0.25) is 5.91 Å². The van der Waals surface area contributed by atoms with Gasteiger partial charge in [-0.25, -0.2) is 0 Å². The Labute approximate surface area is 135 Å². The molecule has 1 amide bonds. The summed E-state index contributed by atoms with van der Waals surface area (Å²) in [5.41, 5.74) is 0.956. The number of piperidine rings is 1. The lowest BCUT2D eigenvalue weighted by Crippen LogP contribution is -2.45. The van der Waals surface area contributed by atoms with Gasteiger partial charge in [0, 0.05) is 47.2 Å². The van der Waals surface area contributed by atoms with Crippen LogP contribution in [0.15, 0.2) is 18.2 Å². The monoisotopic (exact) mass is 326 g/mol. The molecule has 0 aromatic heterocycles. The average Bonchev–Trinajstić information content (AvgIpc) is 3.31.